The van der Waals surface area contributed by atoms with Crippen molar-refractivity contribution >= 4 is 11.5 Å². The SMILES string of the molecule is CCc1ccc(C2C(c3ccc(OC)cc3)=C(O)C(=O)N2Cc2cccc(OC)c2)cc1. The molecule has 0 bridgehead atoms. The van der Waals surface area contributed by atoms with E-state index in [0.29, 0.717) is 12.1 Å². The Morgan fingerprint density at radius 1 is 0.875 bits per heavy atom. The molecule has 1 atom stereocenters. The summed E-state index contributed by atoms with van der Waals surface area (Å²) in [6.07, 6.45) is 0.934. The third-order valence-electron chi connectivity index (χ3n) is 5.90. The molecule has 0 saturated carbocycles. The first kappa shape index (κ1) is 21.5. The van der Waals surface area contributed by atoms with E-state index in [1.54, 1.807) is 19.1 Å². The molecule has 0 aliphatic carbocycles. The van der Waals surface area contributed by atoms with Gasteiger partial charge in [0.15, 0.2) is 5.76 Å². The zero-order valence-corrected chi connectivity index (χ0v) is 18.5. The maximum absolute atomic E-state index is 13.2. The Kier molecular flexibility index (Phi) is 6.17. The average Bonchev–Trinajstić information content (AvgIpc) is 3.09. The topological polar surface area (TPSA) is 59.0 Å². The van der Waals surface area contributed by atoms with E-state index in [-0.39, 0.29) is 11.7 Å². The molecule has 0 radical (unpaired) electrons. The van der Waals surface area contributed by atoms with Crippen LogP contribution in [0.1, 0.15) is 35.2 Å². The number of carbonyl (C=O) groups excluding carboxylic acids is 1. The summed E-state index contributed by atoms with van der Waals surface area (Å²) < 4.78 is 10.6. The number of rotatable bonds is 7. The van der Waals surface area contributed by atoms with Crippen LogP contribution in [0.4, 0.5) is 0 Å². The molecule has 1 heterocycles. The molecule has 164 valence electrons. The maximum atomic E-state index is 13.2. The van der Waals surface area contributed by atoms with Crippen LogP contribution in [0.25, 0.3) is 5.57 Å². The van der Waals surface area contributed by atoms with E-state index in [0.717, 1.165) is 34.6 Å². The van der Waals surface area contributed by atoms with E-state index in [1.165, 1.54) is 5.56 Å². The first-order valence-electron chi connectivity index (χ1n) is 10.7. The Hall–Kier alpha value is -3.73. The fourth-order valence-corrected chi connectivity index (χ4v) is 4.13. The normalized spacial score (nSPS) is 15.9. The molecule has 4 rings (SSSR count). The molecule has 0 saturated heterocycles. The Bertz CT molecular complexity index is 1130. The summed E-state index contributed by atoms with van der Waals surface area (Å²) in [7, 11) is 3.23. The van der Waals surface area contributed by atoms with Crippen molar-refractivity contribution in [2.24, 2.45) is 0 Å². The Labute approximate surface area is 188 Å². The number of aliphatic hydroxyl groups excluding tert-OH is 1. The third kappa shape index (κ3) is 4.06. The molecule has 0 spiro atoms. The minimum Gasteiger partial charge on any atom is -0.503 e. The fraction of sp³-hybridized carbons (Fsp3) is 0.222. The van der Waals surface area contributed by atoms with Crippen LogP contribution in [-0.4, -0.2) is 30.1 Å². The van der Waals surface area contributed by atoms with Gasteiger partial charge in [-0.05, 0) is 52.9 Å². The lowest BCUT2D eigenvalue weighted by atomic mass is 9.92. The van der Waals surface area contributed by atoms with Crippen LogP contribution < -0.4 is 9.47 Å². The highest BCUT2D eigenvalue weighted by atomic mass is 16.5. The first-order chi connectivity index (χ1) is 15.5. The van der Waals surface area contributed by atoms with Crippen LogP contribution in [0.15, 0.2) is 78.6 Å². The quantitative estimate of drug-likeness (QED) is 0.552. The summed E-state index contributed by atoms with van der Waals surface area (Å²) in [6.45, 7) is 2.46. The van der Waals surface area contributed by atoms with Gasteiger partial charge in [0.1, 0.15) is 11.5 Å². The van der Waals surface area contributed by atoms with Crippen molar-refractivity contribution in [2.75, 3.05) is 14.2 Å². The van der Waals surface area contributed by atoms with E-state index in [1.807, 2.05) is 60.7 Å². The zero-order valence-electron chi connectivity index (χ0n) is 18.5. The smallest absolute Gasteiger partial charge is 0.290 e. The first-order valence-corrected chi connectivity index (χ1v) is 10.7. The summed E-state index contributed by atoms with van der Waals surface area (Å²) in [4.78, 5) is 15.0. The highest BCUT2D eigenvalue weighted by Gasteiger charge is 2.41. The second-order valence-corrected chi connectivity index (χ2v) is 7.77. The van der Waals surface area contributed by atoms with Gasteiger partial charge < -0.3 is 19.5 Å². The molecular weight excluding hydrogens is 402 g/mol. The number of hydrogen-bond donors (Lipinski definition) is 1. The van der Waals surface area contributed by atoms with Crippen molar-refractivity contribution in [1.29, 1.82) is 0 Å². The van der Waals surface area contributed by atoms with Gasteiger partial charge >= 0.3 is 0 Å². The molecule has 1 aliphatic heterocycles. The Morgan fingerprint density at radius 3 is 2.19 bits per heavy atom. The molecule has 1 unspecified atom stereocenters. The number of amides is 1. The van der Waals surface area contributed by atoms with Crippen molar-refractivity contribution in [3.05, 3.63) is 101 Å². The van der Waals surface area contributed by atoms with E-state index < -0.39 is 6.04 Å². The highest BCUT2D eigenvalue weighted by molar-refractivity contribution is 6.05. The largest absolute Gasteiger partial charge is 0.503 e. The predicted octanol–water partition coefficient (Wildman–Crippen LogP) is 5.32. The van der Waals surface area contributed by atoms with Crippen LogP contribution in [0.2, 0.25) is 0 Å². The minimum atomic E-state index is -0.409. The molecular formula is C27H27NO4. The van der Waals surface area contributed by atoms with Crippen molar-refractivity contribution in [1.82, 2.24) is 4.90 Å². The van der Waals surface area contributed by atoms with Gasteiger partial charge in [0.2, 0.25) is 0 Å². The third-order valence-corrected chi connectivity index (χ3v) is 5.90. The standard InChI is InChI=1S/C27H27NO4/c1-4-18-8-10-21(11-9-18)25-24(20-12-14-22(31-2)15-13-20)26(29)27(30)28(25)17-19-6-5-7-23(16-19)32-3/h5-16,25,29H,4,17H2,1-3H3. The summed E-state index contributed by atoms with van der Waals surface area (Å²) >= 11 is 0. The number of nitrogens with zero attached hydrogens (tertiary/aromatic N) is 1. The molecule has 32 heavy (non-hydrogen) atoms. The van der Waals surface area contributed by atoms with Gasteiger partial charge in [-0.15, -0.1) is 0 Å². The van der Waals surface area contributed by atoms with Gasteiger partial charge in [-0.25, -0.2) is 0 Å². The molecule has 1 N–H and O–H groups in total. The van der Waals surface area contributed by atoms with Crippen LogP contribution >= 0.6 is 0 Å². The van der Waals surface area contributed by atoms with Crippen molar-refractivity contribution < 1.29 is 19.4 Å². The lowest BCUT2D eigenvalue weighted by Crippen LogP contribution is -2.29. The van der Waals surface area contributed by atoms with Crippen LogP contribution in [-0.2, 0) is 17.8 Å². The molecule has 3 aromatic rings. The molecule has 0 fully saturated rings. The van der Waals surface area contributed by atoms with Gasteiger partial charge in [0.25, 0.3) is 5.91 Å². The molecule has 1 aliphatic rings. The lowest BCUT2D eigenvalue weighted by Gasteiger charge is -2.28. The van der Waals surface area contributed by atoms with E-state index in [4.69, 9.17) is 9.47 Å². The number of benzene rings is 3. The van der Waals surface area contributed by atoms with Crippen LogP contribution in [0, 0.1) is 0 Å². The van der Waals surface area contributed by atoms with E-state index >= 15 is 0 Å². The van der Waals surface area contributed by atoms with Crippen molar-refractivity contribution in [3.8, 4) is 11.5 Å². The summed E-state index contributed by atoms with van der Waals surface area (Å²) in [5.74, 6) is 0.839. The number of aliphatic hydroxyl groups is 1. The van der Waals surface area contributed by atoms with Crippen LogP contribution in [0.5, 0.6) is 11.5 Å². The molecule has 3 aromatic carbocycles. The molecule has 0 aromatic heterocycles. The summed E-state index contributed by atoms with van der Waals surface area (Å²) in [5, 5.41) is 11.0. The second kappa shape index (κ2) is 9.18. The number of carbonyl (C=O) groups is 1. The van der Waals surface area contributed by atoms with E-state index in [9.17, 15) is 9.90 Å². The number of hydrogen-bond acceptors (Lipinski definition) is 4. The highest BCUT2D eigenvalue weighted by Crippen LogP contribution is 2.44. The average molecular weight is 430 g/mol. The predicted molar refractivity (Wildman–Crippen MR) is 125 cm³/mol. The van der Waals surface area contributed by atoms with Crippen molar-refractivity contribution in [2.45, 2.75) is 25.9 Å². The zero-order chi connectivity index (χ0) is 22.7. The Morgan fingerprint density at radius 2 is 1.56 bits per heavy atom. The van der Waals surface area contributed by atoms with Gasteiger partial charge in [0.05, 0.1) is 20.3 Å². The number of ether oxygens (including phenoxy) is 2. The van der Waals surface area contributed by atoms with Gasteiger partial charge in [-0.1, -0.05) is 55.5 Å². The molecule has 5 heteroatoms. The van der Waals surface area contributed by atoms with Gasteiger partial charge in [-0.2, -0.15) is 0 Å². The monoisotopic (exact) mass is 429 g/mol. The number of methoxy groups -OCH3 is 2. The van der Waals surface area contributed by atoms with Gasteiger partial charge in [-0.3, -0.25) is 4.79 Å². The van der Waals surface area contributed by atoms with Crippen LogP contribution in [0.3, 0.4) is 0 Å². The maximum Gasteiger partial charge on any atom is 0.290 e. The summed E-state index contributed by atoms with van der Waals surface area (Å²) in [5.41, 5.74) is 4.49. The van der Waals surface area contributed by atoms with E-state index in [2.05, 4.69) is 19.1 Å². The molecule has 1 amide bonds. The van der Waals surface area contributed by atoms with Gasteiger partial charge in [0, 0.05) is 12.1 Å². The lowest BCUT2D eigenvalue weighted by molar-refractivity contribution is -0.130. The molecule has 5 nitrogen and oxygen atoms in total. The van der Waals surface area contributed by atoms with Crippen molar-refractivity contribution in [3.63, 3.8) is 0 Å². The fourth-order valence-electron chi connectivity index (χ4n) is 4.13. The Balaban J connectivity index is 1.78. The summed E-state index contributed by atoms with van der Waals surface area (Å²) in [6, 6.07) is 22.9. The minimum absolute atomic E-state index is 0.220. The number of aryl methyl sites for hydroxylation is 1. The second-order valence-electron chi connectivity index (χ2n) is 7.77.